The van der Waals surface area contributed by atoms with Crippen molar-refractivity contribution in [2.45, 2.75) is 37.8 Å². The molecule has 0 aliphatic carbocycles. The third-order valence-electron chi connectivity index (χ3n) is 6.38. The van der Waals surface area contributed by atoms with Gasteiger partial charge in [-0.05, 0) is 49.9 Å². The molecule has 2 aliphatic rings. The van der Waals surface area contributed by atoms with Crippen LogP contribution in [0.4, 0.5) is 4.39 Å². The van der Waals surface area contributed by atoms with Gasteiger partial charge in [-0.25, -0.2) is 4.39 Å². The summed E-state index contributed by atoms with van der Waals surface area (Å²) in [5.41, 5.74) is 0.557. The van der Waals surface area contributed by atoms with Crippen LogP contribution in [0.15, 0.2) is 54.6 Å². The van der Waals surface area contributed by atoms with Crippen LogP contribution in [0.25, 0.3) is 0 Å². The lowest BCUT2D eigenvalue weighted by atomic mass is 9.98. The standard InChI is InChI=1S/C25H30FN3O3/c26-22-8-4-5-9-23(22)32-21-12-16-28(17-13-21)20-10-14-29(15-11-20)24(30)18-27-25(31)19-6-2-1-3-7-19/h1-9,20-21H,10-18H2,(H,27,31). The number of hydrogen-bond acceptors (Lipinski definition) is 4. The quantitative estimate of drug-likeness (QED) is 0.752. The smallest absolute Gasteiger partial charge is 0.251 e. The van der Waals surface area contributed by atoms with E-state index >= 15 is 0 Å². The summed E-state index contributed by atoms with van der Waals surface area (Å²) in [6.45, 7) is 3.28. The van der Waals surface area contributed by atoms with E-state index in [9.17, 15) is 14.0 Å². The zero-order chi connectivity index (χ0) is 22.3. The van der Waals surface area contributed by atoms with E-state index in [1.165, 1.54) is 6.07 Å². The number of nitrogens with zero attached hydrogens (tertiary/aromatic N) is 2. The van der Waals surface area contributed by atoms with Crippen LogP contribution < -0.4 is 10.1 Å². The molecule has 0 bridgehead atoms. The van der Waals surface area contributed by atoms with Crippen molar-refractivity contribution in [1.82, 2.24) is 15.1 Å². The molecule has 0 aromatic heterocycles. The molecule has 0 radical (unpaired) electrons. The van der Waals surface area contributed by atoms with Crippen LogP contribution in [-0.4, -0.2) is 66.5 Å². The fourth-order valence-corrected chi connectivity index (χ4v) is 4.52. The molecule has 4 rings (SSSR count). The summed E-state index contributed by atoms with van der Waals surface area (Å²) in [6, 6.07) is 15.9. The molecule has 2 aromatic carbocycles. The lowest BCUT2D eigenvalue weighted by Gasteiger charge is -2.41. The summed E-state index contributed by atoms with van der Waals surface area (Å²) < 4.78 is 19.7. The first-order valence-electron chi connectivity index (χ1n) is 11.4. The second kappa shape index (κ2) is 10.6. The molecule has 2 aliphatic heterocycles. The van der Waals surface area contributed by atoms with E-state index in [2.05, 4.69) is 10.2 Å². The van der Waals surface area contributed by atoms with Gasteiger partial charge in [-0.3, -0.25) is 14.5 Å². The topological polar surface area (TPSA) is 61.9 Å². The van der Waals surface area contributed by atoms with Crippen molar-refractivity contribution >= 4 is 11.8 Å². The Morgan fingerprint density at radius 3 is 2.25 bits per heavy atom. The number of para-hydroxylation sites is 1. The Morgan fingerprint density at radius 1 is 0.906 bits per heavy atom. The number of halogens is 1. The van der Waals surface area contributed by atoms with E-state index in [-0.39, 0.29) is 30.3 Å². The Bertz CT molecular complexity index is 908. The number of carbonyl (C=O) groups excluding carboxylic acids is 2. The van der Waals surface area contributed by atoms with E-state index in [4.69, 9.17) is 4.74 Å². The fourth-order valence-electron chi connectivity index (χ4n) is 4.52. The molecule has 2 heterocycles. The molecule has 2 fully saturated rings. The summed E-state index contributed by atoms with van der Waals surface area (Å²) in [4.78, 5) is 29.0. The molecule has 2 aromatic rings. The molecule has 32 heavy (non-hydrogen) atoms. The fraction of sp³-hybridized carbons (Fsp3) is 0.440. The van der Waals surface area contributed by atoms with Crippen molar-refractivity contribution in [3.8, 4) is 5.75 Å². The molecule has 1 N–H and O–H groups in total. The van der Waals surface area contributed by atoms with Gasteiger partial charge in [0.15, 0.2) is 11.6 Å². The van der Waals surface area contributed by atoms with Gasteiger partial charge in [-0.1, -0.05) is 30.3 Å². The van der Waals surface area contributed by atoms with Gasteiger partial charge in [0.25, 0.3) is 5.91 Å². The molecule has 0 atom stereocenters. The number of likely N-dealkylation sites (tertiary alicyclic amines) is 2. The Kier molecular flexibility index (Phi) is 7.37. The summed E-state index contributed by atoms with van der Waals surface area (Å²) in [6.07, 6.45) is 3.64. The maximum Gasteiger partial charge on any atom is 0.251 e. The predicted molar refractivity (Wildman–Crippen MR) is 120 cm³/mol. The number of nitrogens with one attached hydrogen (secondary N) is 1. The number of rotatable bonds is 6. The predicted octanol–water partition coefficient (Wildman–Crippen LogP) is 3.09. The Balaban J connectivity index is 1.17. The highest BCUT2D eigenvalue weighted by Gasteiger charge is 2.30. The van der Waals surface area contributed by atoms with Crippen LogP contribution in [0.5, 0.6) is 5.75 Å². The average molecular weight is 440 g/mol. The van der Waals surface area contributed by atoms with Gasteiger partial charge < -0.3 is 15.0 Å². The van der Waals surface area contributed by atoms with Crippen molar-refractivity contribution in [2.75, 3.05) is 32.7 Å². The first kappa shape index (κ1) is 22.3. The minimum absolute atomic E-state index is 0.0250. The van der Waals surface area contributed by atoms with Crippen molar-refractivity contribution in [3.63, 3.8) is 0 Å². The third kappa shape index (κ3) is 5.65. The normalized spacial score (nSPS) is 18.3. The van der Waals surface area contributed by atoms with E-state index in [0.717, 1.165) is 38.8 Å². The summed E-state index contributed by atoms with van der Waals surface area (Å²) in [5.74, 6) is -0.247. The SMILES string of the molecule is O=C(NCC(=O)N1CCC(N2CCC(Oc3ccccc3F)CC2)CC1)c1ccccc1. The first-order valence-corrected chi connectivity index (χ1v) is 11.4. The zero-order valence-corrected chi connectivity index (χ0v) is 18.2. The largest absolute Gasteiger partial charge is 0.487 e. The van der Waals surface area contributed by atoms with Crippen molar-refractivity contribution in [3.05, 3.63) is 66.0 Å². The van der Waals surface area contributed by atoms with Crippen LogP contribution in [-0.2, 0) is 4.79 Å². The van der Waals surface area contributed by atoms with Gasteiger partial charge in [0, 0.05) is 37.8 Å². The van der Waals surface area contributed by atoms with E-state index in [1.54, 1.807) is 42.5 Å². The third-order valence-corrected chi connectivity index (χ3v) is 6.38. The maximum absolute atomic E-state index is 13.8. The lowest BCUT2D eigenvalue weighted by molar-refractivity contribution is -0.131. The molecule has 7 heteroatoms. The Hall–Kier alpha value is -2.93. The molecule has 0 unspecified atom stereocenters. The minimum atomic E-state index is -0.313. The minimum Gasteiger partial charge on any atom is -0.487 e. The highest BCUT2D eigenvalue weighted by molar-refractivity contribution is 5.96. The van der Waals surface area contributed by atoms with Crippen LogP contribution in [0.2, 0.25) is 0 Å². The lowest BCUT2D eigenvalue weighted by Crippen LogP contribution is -2.51. The van der Waals surface area contributed by atoms with Crippen LogP contribution in [0.1, 0.15) is 36.0 Å². The molecule has 170 valence electrons. The summed E-state index contributed by atoms with van der Waals surface area (Å²) in [5, 5.41) is 2.72. The number of ether oxygens (including phenoxy) is 1. The molecule has 0 saturated carbocycles. The van der Waals surface area contributed by atoms with Gasteiger partial charge in [0.05, 0.1) is 6.54 Å². The van der Waals surface area contributed by atoms with Crippen LogP contribution in [0.3, 0.4) is 0 Å². The molecular formula is C25H30FN3O3. The maximum atomic E-state index is 13.8. The highest BCUT2D eigenvalue weighted by atomic mass is 19.1. The van der Waals surface area contributed by atoms with E-state index in [0.29, 0.717) is 30.4 Å². The molecular weight excluding hydrogens is 409 g/mol. The second-order valence-corrected chi connectivity index (χ2v) is 8.44. The molecule has 2 saturated heterocycles. The number of benzene rings is 2. The Labute approximate surface area is 188 Å². The second-order valence-electron chi connectivity index (χ2n) is 8.44. The van der Waals surface area contributed by atoms with Gasteiger partial charge in [0.2, 0.25) is 5.91 Å². The number of amides is 2. The summed E-state index contributed by atoms with van der Waals surface area (Å²) >= 11 is 0. The first-order chi connectivity index (χ1) is 15.6. The van der Waals surface area contributed by atoms with E-state index < -0.39 is 0 Å². The van der Waals surface area contributed by atoms with Gasteiger partial charge >= 0.3 is 0 Å². The monoisotopic (exact) mass is 439 g/mol. The van der Waals surface area contributed by atoms with Gasteiger partial charge in [-0.15, -0.1) is 0 Å². The van der Waals surface area contributed by atoms with Gasteiger partial charge in [0.1, 0.15) is 6.10 Å². The van der Waals surface area contributed by atoms with Crippen molar-refractivity contribution < 1.29 is 18.7 Å². The van der Waals surface area contributed by atoms with E-state index in [1.807, 2.05) is 11.0 Å². The van der Waals surface area contributed by atoms with Crippen molar-refractivity contribution in [2.24, 2.45) is 0 Å². The number of piperidine rings is 2. The molecule has 2 amide bonds. The number of hydrogen-bond donors (Lipinski definition) is 1. The summed E-state index contributed by atoms with van der Waals surface area (Å²) in [7, 11) is 0. The zero-order valence-electron chi connectivity index (χ0n) is 18.2. The molecule has 6 nitrogen and oxygen atoms in total. The van der Waals surface area contributed by atoms with Crippen LogP contribution in [0, 0.1) is 5.82 Å². The Morgan fingerprint density at radius 2 is 1.56 bits per heavy atom. The average Bonchev–Trinajstić information content (AvgIpc) is 2.85. The van der Waals surface area contributed by atoms with Crippen LogP contribution >= 0.6 is 0 Å². The molecule has 0 spiro atoms. The number of carbonyl (C=O) groups is 2. The van der Waals surface area contributed by atoms with Gasteiger partial charge in [-0.2, -0.15) is 0 Å². The van der Waals surface area contributed by atoms with Crippen molar-refractivity contribution in [1.29, 1.82) is 0 Å². The highest BCUT2D eigenvalue weighted by Crippen LogP contribution is 2.25.